The van der Waals surface area contributed by atoms with Gasteiger partial charge >= 0.3 is 0 Å². The first-order valence-corrected chi connectivity index (χ1v) is 14.3. The summed E-state index contributed by atoms with van der Waals surface area (Å²) in [5.41, 5.74) is 10.1. The van der Waals surface area contributed by atoms with Crippen molar-refractivity contribution in [3.63, 3.8) is 0 Å². The van der Waals surface area contributed by atoms with E-state index in [9.17, 15) is 12.8 Å². The molecule has 2 aromatic heterocycles. The van der Waals surface area contributed by atoms with Crippen molar-refractivity contribution in [3.05, 3.63) is 66.4 Å². The van der Waals surface area contributed by atoms with Crippen LogP contribution in [0.25, 0.3) is 34.0 Å². The fourth-order valence-electron chi connectivity index (χ4n) is 4.44. The number of aromatic nitrogens is 3. The molecule has 4 aromatic rings. The summed E-state index contributed by atoms with van der Waals surface area (Å²) >= 11 is 0. The number of rotatable bonds is 9. The summed E-state index contributed by atoms with van der Waals surface area (Å²) in [5, 5.41) is 6.80. The highest BCUT2D eigenvalue weighted by Gasteiger charge is 2.29. The molecule has 11 heteroatoms. The van der Waals surface area contributed by atoms with E-state index in [2.05, 4.69) is 20.4 Å². The van der Waals surface area contributed by atoms with Crippen LogP contribution in [-0.4, -0.2) is 54.7 Å². The van der Waals surface area contributed by atoms with E-state index in [4.69, 9.17) is 15.0 Å². The van der Waals surface area contributed by atoms with Gasteiger partial charge in [0.2, 0.25) is 0 Å². The number of nitrogens with zero attached hydrogens (tertiary/aromatic N) is 3. The quantitative estimate of drug-likeness (QED) is 0.309. The Hall–Kier alpha value is -3.67. The van der Waals surface area contributed by atoms with Gasteiger partial charge in [0.1, 0.15) is 11.9 Å². The number of nitrogens with one attached hydrogen (secondary N) is 1. The standard InChI is InChI=1S/C28H30FN5O4S/c1-18(29)15-31-16-19-2-4-20(5-3-19)24-14-26(38-34-24)27-28(30)32-17-25(33-27)21-6-8-22(9-7-21)39(35,36)23-10-12-37-13-11-23/h2-9,14,17-18,23,31H,10-13,15-16H2,1H3,(H2,30,32). The molecule has 9 nitrogen and oxygen atoms in total. The van der Waals surface area contributed by atoms with E-state index >= 15 is 0 Å². The molecule has 3 N–H and O–H groups in total. The Morgan fingerprint density at radius 3 is 2.41 bits per heavy atom. The van der Waals surface area contributed by atoms with Gasteiger partial charge in [0, 0.05) is 43.5 Å². The largest absolute Gasteiger partial charge is 0.382 e. The molecular weight excluding hydrogens is 521 g/mol. The predicted octanol–water partition coefficient (Wildman–Crippen LogP) is 4.45. The van der Waals surface area contributed by atoms with Crippen molar-refractivity contribution in [1.82, 2.24) is 20.4 Å². The maximum absolute atomic E-state index is 13.0. The highest BCUT2D eigenvalue weighted by molar-refractivity contribution is 7.92. The second-order valence-electron chi connectivity index (χ2n) is 9.56. The first kappa shape index (κ1) is 26.9. The van der Waals surface area contributed by atoms with Gasteiger partial charge in [0.05, 0.1) is 22.0 Å². The molecule has 0 spiro atoms. The minimum Gasteiger partial charge on any atom is -0.382 e. The van der Waals surface area contributed by atoms with Gasteiger partial charge in [-0.1, -0.05) is 41.6 Å². The zero-order valence-electron chi connectivity index (χ0n) is 21.5. The summed E-state index contributed by atoms with van der Waals surface area (Å²) in [5.74, 6) is 0.543. The van der Waals surface area contributed by atoms with Crippen LogP contribution in [0.1, 0.15) is 25.3 Å². The lowest BCUT2D eigenvalue weighted by Crippen LogP contribution is -2.28. The molecule has 0 saturated carbocycles. The summed E-state index contributed by atoms with van der Waals surface area (Å²) in [6, 6.07) is 16.1. The lowest BCUT2D eigenvalue weighted by atomic mass is 10.1. The fraction of sp³-hybridized carbons (Fsp3) is 0.321. The minimum atomic E-state index is -3.43. The molecule has 1 unspecified atom stereocenters. The van der Waals surface area contributed by atoms with Crippen molar-refractivity contribution in [1.29, 1.82) is 0 Å². The van der Waals surface area contributed by atoms with E-state index in [0.29, 0.717) is 67.6 Å². The molecular formula is C28H30FN5O4S. The molecule has 0 bridgehead atoms. The molecule has 1 saturated heterocycles. The van der Waals surface area contributed by atoms with E-state index in [-0.39, 0.29) is 10.7 Å². The summed E-state index contributed by atoms with van der Waals surface area (Å²) < 4.78 is 49.8. The highest BCUT2D eigenvalue weighted by Crippen LogP contribution is 2.31. The van der Waals surface area contributed by atoms with Gasteiger partial charge in [-0.3, -0.25) is 0 Å². The van der Waals surface area contributed by atoms with Crippen LogP contribution in [0.3, 0.4) is 0 Å². The van der Waals surface area contributed by atoms with Gasteiger partial charge < -0.3 is 20.3 Å². The van der Waals surface area contributed by atoms with Crippen LogP contribution >= 0.6 is 0 Å². The van der Waals surface area contributed by atoms with Gasteiger partial charge in [-0.25, -0.2) is 22.8 Å². The first-order chi connectivity index (χ1) is 18.8. The lowest BCUT2D eigenvalue weighted by Gasteiger charge is -2.22. The van der Waals surface area contributed by atoms with Crippen molar-refractivity contribution in [2.75, 3.05) is 25.5 Å². The second-order valence-corrected chi connectivity index (χ2v) is 11.8. The number of sulfone groups is 1. The minimum absolute atomic E-state index is 0.184. The third kappa shape index (κ3) is 6.16. The monoisotopic (exact) mass is 551 g/mol. The summed E-state index contributed by atoms with van der Waals surface area (Å²) in [6.07, 6.45) is 1.63. The molecule has 0 amide bonds. The third-order valence-electron chi connectivity index (χ3n) is 6.63. The molecule has 3 heterocycles. The Labute approximate surface area is 226 Å². The number of ether oxygens (including phenoxy) is 1. The van der Waals surface area contributed by atoms with Crippen molar-refractivity contribution >= 4 is 15.7 Å². The first-order valence-electron chi connectivity index (χ1n) is 12.8. The SMILES string of the molecule is CC(F)CNCc1ccc(-c2cc(-c3nc(-c4ccc(S(=O)(=O)C5CCOCC5)cc4)cnc3N)on2)cc1. The normalized spacial score (nSPS) is 15.3. The Balaban J connectivity index is 1.33. The number of hydrogen-bond acceptors (Lipinski definition) is 9. The van der Waals surface area contributed by atoms with Crippen molar-refractivity contribution in [3.8, 4) is 34.0 Å². The van der Waals surface area contributed by atoms with E-state index < -0.39 is 21.3 Å². The fourth-order valence-corrected chi connectivity index (χ4v) is 6.16. The van der Waals surface area contributed by atoms with Crippen molar-refractivity contribution in [2.24, 2.45) is 0 Å². The van der Waals surface area contributed by atoms with Gasteiger partial charge in [-0.2, -0.15) is 0 Å². The molecule has 0 aliphatic carbocycles. The lowest BCUT2D eigenvalue weighted by molar-refractivity contribution is 0.0983. The van der Waals surface area contributed by atoms with Crippen molar-refractivity contribution in [2.45, 2.75) is 42.6 Å². The van der Waals surface area contributed by atoms with Crippen molar-refractivity contribution < 1.29 is 22.1 Å². The van der Waals surface area contributed by atoms with Crippen LogP contribution in [0.2, 0.25) is 0 Å². The number of halogens is 1. The average molecular weight is 552 g/mol. The molecule has 1 aliphatic heterocycles. The molecule has 0 radical (unpaired) electrons. The molecule has 2 aromatic carbocycles. The maximum Gasteiger partial charge on any atom is 0.189 e. The van der Waals surface area contributed by atoms with Gasteiger partial charge in [0.15, 0.2) is 27.1 Å². The predicted molar refractivity (Wildman–Crippen MR) is 146 cm³/mol. The Kier molecular flexibility index (Phi) is 8.01. The van der Waals surface area contributed by atoms with Crippen LogP contribution in [0.4, 0.5) is 10.2 Å². The number of nitrogens with two attached hydrogens (primary N) is 1. The number of nitrogen functional groups attached to an aromatic ring is 1. The van der Waals surface area contributed by atoms with E-state index in [0.717, 1.165) is 11.1 Å². The number of benzene rings is 2. The van der Waals surface area contributed by atoms with Gasteiger partial charge in [-0.15, -0.1) is 0 Å². The highest BCUT2D eigenvalue weighted by atomic mass is 32.2. The smallest absolute Gasteiger partial charge is 0.189 e. The molecule has 1 fully saturated rings. The topological polar surface area (TPSA) is 133 Å². The Bertz CT molecular complexity index is 1520. The summed E-state index contributed by atoms with van der Waals surface area (Å²) in [6.45, 7) is 3.30. The van der Waals surface area contributed by atoms with E-state index in [1.54, 1.807) is 30.3 Å². The van der Waals surface area contributed by atoms with Crippen LogP contribution < -0.4 is 11.1 Å². The zero-order valence-corrected chi connectivity index (χ0v) is 22.3. The van der Waals surface area contributed by atoms with Crippen LogP contribution in [0.15, 0.2) is 70.2 Å². The maximum atomic E-state index is 13.0. The van der Waals surface area contributed by atoms with Crippen LogP contribution in [-0.2, 0) is 21.1 Å². The second kappa shape index (κ2) is 11.6. The Morgan fingerprint density at radius 1 is 1.05 bits per heavy atom. The van der Waals surface area contributed by atoms with Gasteiger partial charge in [0.25, 0.3) is 0 Å². The molecule has 1 aliphatic rings. The Morgan fingerprint density at radius 2 is 1.72 bits per heavy atom. The van der Waals surface area contributed by atoms with E-state index in [1.165, 1.54) is 13.1 Å². The zero-order chi connectivity index (χ0) is 27.4. The molecule has 204 valence electrons. The number of hydrogen-bond donors (Lipinski definition) is 2. The molecule has 39 heavy (non-hydrogen) atoms. The average Bonchev–Trinajstić information content (AvgIpc) is 3.44. The molecule has 1 atom stereocenters. The number of alkyl halides is 1. The van der Waals surface area contributed by atoms with Crippen LogP contribution in [0.5, 0.6) is 0 Å². The third-order valence-corrected chi connectivity index (χ3v) is 8.91. The van der Waals surface area contributed by atoms with Gasteiger partial charge in [-0.05, 0) is 37.5 Å². The summed E-state index contributed by atoms with van der Waals surface area (Å²) in [7, 11) is -3.43. The molecule has 5 rings (SSSR count). The summed E-state index contributed by atoms with van der Waals surface area (Å²) in [4.78, 5) is 9.19. The van der Waals surface area contributed by atoms with E-state index in [1.807, 2.05) is 24.3 Å². The number of anilines is 1. The van der Waals surface area contributed by atoms with Crippen LogP contribution in [0, 0.1) is 0 Å².